The number of hydrazine groups is 1. The number of nitrogens with one attached hydrogen (secondary N) is 2. The Labute approximate surface area is 163 Å². The first-order chi connectivity index (χ1) is 13.5. The van der Waals surface area contributed by atoms with Crippen LogP contribution in [0.2, 0.25) is 0 Å². The lowest BCUT2D eigenvalue weighted by Crippen LogP contribution is -2.33. The molecule has 0 saturated heterocycles. The lowest BCUT2D eigenvalue weighted by Gasteiger charge is -2.25. The molecule has 0 saturated carbocycles. The van der Waals surface area contributed by atoms with Crippen molar-refractivity contribution in [3.8, 4) is 5.75 Å². The van der Waals surface area contributed by atoms with E-state index in [1.165, 1.54) is 6.07 Å². The zero-order chi connectivity index (χ0) is 19.9. The Bertz CT molecular complexity index is 937. The van der Waals surface area contributed by atoms with Gasteiger partial charge in [0.25, 0.3) is 5.91 Å². The highest BCUT2D eigenvalue weighted by atomic mass is 19.1. The molecule has 1 aliphatic rings. The van der Waals surface area contributed by atoms with Crippen LogP contribution in [0.3, 0.4) is 0 Å². The third-order valence-electron chi connectivity index (χ3n) is 4.15. The molecule has 0 bridgehead atoms. The highest BCUT2D eigenvalue weighted by Crippen LogP contribution is 2.18. The first-order valence-electron chi connectivity index (χ1n) is 8.89. The van der Waals surface area contributed by atoms with Gasteiger partial charge in [0.05, 0.1) is 17.8 Å². The lowest BCUT2D eigenvalue weighted by molar-refractivity contribution is -0.116. The summed E-state index contributed by atoms with van der Waals surface area (Å²) in [6.07, 6.45) is 5.15. The van der Waals surface area contributed by atoms with Crippen molar-refractivity contribution in [1.29, 1.82) is 0 Å². The third-order valence-corrected chi connectivity index (χ3v) is 4.15. The van der Waals surface area contributed by atoms with Crippen molar-refractivity contribution in [3.63, 3.8) is 0 Å². The number of halogens is 1. The Balaban J connectivity index is 1.55. The number of hydrogen-bond donors (Lipinski definition) is 2. The molecule has 0 atom stereocenters. The second-order valence-electron chi connectivity index (χ2n) is 6.33. The fourth-order valence-corrected chi connectivity index (χ4v) is 2.66. The predicted octanol–water partition coefficient (Wildman–Crippen LogP) is 3.93. The first-order valence-corrected chi connectivity index (χ1v) is 8.89. The van der Waals surface area contributed by atoms with E-state index in [2.05, 4.69) is 17.4 Å². The molecule has 0 spiro atoms. The van der Waals surface area contributed by atoms with Crippen LogP contribution in [-0.2, 0) is 4.79 Å². The van der Waals surface area contributed by atoms with Gasteiger partial charge in [-0.3, -0.25) is 15.6 Å². The van der Waals surface area contributed by atoms with E-state index in [-0.39, 0.29) is 18.3 Å². The molecule has 0 radical (unpaired) electrons. The van der Waals surface area contributed by atoms with Crippen LogP contribution >= 0.6 is 0 Å². The Morgan fingerprint density at radius 2 is 2.00 bits per heavy atom. The molecular formula is C22H22FN3O2. The van der Waals surface area contributed by atoms with E-state index in [4.69, 9.17) is 4.74 Å². The SMILES string of the molecule is C=C1C=CC(C(=O)NNc2cccc(C)c2)=CN1CCOc1ccccc1F. The van der Waals surface area contributed by atoms with Gasteiger partial charge in [-0.15, -0.1) is 0 Å². The van der Waals surface area contributed by atoms with Crippen LogP contribution in [-0.4, -0.2) is 24.0 Å². The summed E-state index contributed by atoms with van der Waals surface area (Å²) in [5.41, 5.74) is 8.66. The molecule has 3 rings (SSSR count). The van der Waals surface area contributed by atoms with Crippen molar-refractivity contribution in [2.45, 2.75) is 6.92 Å². The minimum absolute atomic E-state index is 0.199. The molecule has 5 nitrogen and oxygen atoms in total. The molecule has 0 unspecified atom stereocenters. The quantitative estimate of drug-likeness (QED) is 0.716. The van der Waals surface area contributed by atoms with Gasteiger partial charge in [-0.05, 0) is 48.9 Å². The monoisotopic (exact) mass is 379 g/mol. The number of benzene rings is 2. The summed E-state index contributed by atoms with van der Waals surface area (Å²) in [5.74, 6) is -0.479. The zero-order valence-corrected chi connectivity index (χ0v) is 15.6. The highest BCUT2D eigenvalue weighted by Gasteiger charge is 2.15. The summed E-state index contributed by atoms with van der Waals surface area (Å²) >= 11 is 0. The van der Waals surface area contributed by atoms with Crippen LogP contribution in [0, 0.1) is 12.7 Å². The fourth-order valence-electron chi connectivity index (χ4n) is 2.66. The minimum atomic E-state index is -0.405. The number of nitrogens with zero attached hydrogens (tertiary/aromatic N) is 1. The van der Waals surface area contributed by atoms with Gasteiger partial charge < -0.3 is 9.64 Å². The summed E-state index contributed by atoms with van der Waals surface area (Å²) in [7, 11) is 0. The van der Waals surface area contributed by atoms with Crippen molar-refractivity contribution < 1.29 is 13.9 Å². The minimum Gasteiger partial charge on any atom is -0.489 e. The number of carbonyl (C=O) groups excluding carboxylic acids is 1. The molecule has 0 aliphatic carbocycles. The molecular weight excluding hydrogens is 357 g/mol. The van der Waals surface area contributed by atoms with Gasteiger partial charge in [-0.1, -0.05) is 30.8 Å². The number of amides is 1. The van der Waals surface area contributed by atoms with Gasteiger partial charge in [-0.25, -0.2) is 4.39 Å². The van der Waals surface area contributed by atoms with E-state index < -0.39 is 5.82 Å². The van der Waals surface area contributed by atoms with E-state index >= 15 is 0 Å². The van der Waals surface area contributed by atoms with Gasteiger partial charge in [-0.2, -0.15) is 0 Å². The molecule has 1 heterocycles. The van der Waals surface area contributed by atoms with E-state index in [0.29, 0.717) is 12.1 Å². The van der Waals surface area contributed by atoms with Gasteiger partial charge in [0.1, 0.15) is 6.61 Å². The maximum absolute atomic E-state index is 13.6. The molecule has 28 heavy (non-hydrogen) atoms. The van der Waals surface area contributed by atoms with Crippen LogP contribution < -0.4 is 15.6 Å². The summed E-state index contributed by atoms with van der Waals surface area (Å²) in [6.45, 7) is 6.61. The molecule has 0 fully saturated rings. The number of rotatable bonds is 7. The summed E-state index contributed by atoms with van der Waals surface area (Å²) in [5, 5.41) is 0. The molecule has 2 aromatic rings. The van der Waals surface area contributed by atoms with Gasteiger partial charge in [0.2, 0.25) is 0 Å². The number of allylic oxidation sites excluding steroid dienone is 1. The van der Waals surface area contributed by atoms with Crippen molar-refractivity contribution in [2.24, 2.45) is 0 Å². The number of carbonyl (C=O) groups is 1. The number of anilines is 1. The lowest BCUT2D eigenvalue weighted by atomic mass is 10.1. The first kappa shape index (κ1) is 19.2. The summed E-state index contributed by atoms with van der Waals surface area (Å²) in [4.78, 5) is 14.2. The third kappa shape index (κ3) is 5.01. The second kappa shape index (κ2) is 8.90. The maximum Gasteiger partial charge on any atom is 0.271 e. The molecule has 0 aromatic heterocycles. The molecule has 2 N–H and O–H groups in total. The average molecular weight is 379 g/mol. The maximum atomic E-state index is 13.6. The van der Waals surface area contributed by atoms with Crippen LogP contribution in [0.25, 0.3) is 0 Å². The second-order valence-corrected chi connectivity index (χ2v) is 6.33. The van der Waals surface area contributed by atoms with Crippen LogP contribution in [0.1, 0.15) is 5.56 Å². The number of hydrogen-bond acceptors (Lipinski definition) is 4. The van der Waals surface area contributed by atoms with Crippen molar-refractivity contribution in [2.75, 3.05) is 18.6 Å². The van der Waals surface area contributed by atoms with E-state index in [9.17, 15) is 9.18 Å². The Kier molecular flexibility index (Phi) is 6.11. The number of para-hydroxylation sites is 1. The molecule has 144 valence electrons. The molecule has 1 aliphatic heterocycles. The van der Waals surface area contributed by atoms with Crippen LogP contribution in [0.4, 0.5) is 10.1 Å². The van der Waals surface area contributed by atoms with Crippen molar-refractivity contribution in [3.05, 3.63) is 96.1 Å². The summed E-state index contributed by atoms with van der Waals surface area (Å²) < 4.78 is 19.1. The largest absolute Gasteiger partial charge is 0.489 e. The number of ether oxygens (including phenoxy) is 1. The Morgan fingerprint density at radius 1 is 1.18 bits per heavy atom. The van der Waals surface area contributed by atoms with Gasteiger partial charge in [0, 0.05) is 11.9 Å². The fraction of sp³-hybridized carbons (Fsp3) is 0.136. The van der Waals surface area contributed by atoms with Crippen LogP contribution in [0.5, 0.6) is 5.75 Å². The molecule has 6 heteroatoms. The zero-order valence-electron chi connectivity index (χ0n) is 15.6. The molecule has 2 aromatic carbocycles. The highest BCUT2D eigenvalue weighted by molar-refractivity contribution is 5.97. The van der Waals surface area contributed by atoms with Crippen molar-refractivity contribution in [1.82, 2.24) is 10.3 Å². The number of aryl methyl sites for hydroxylation is 1. The Hall–Kier alpha value is -3.54. The van der Waals surface area contributed by atoms with E-state index in [1.807, 2.05) is 31.2 Å². The van der Waals surface area contributed by atoms with Crippen LogP contribution in [0.15, 0.2) is 84.7 Å². The average Bonchev–Trinajstić information content (AvgIpc) is 2.69. The topological polar surface area (TPSA) is 53.6 Å². The summed E-state index contributed by atoms with van der Waals surface area (Å²) in [6, 6.07) is 13.9. The Morgan fingerprint density at radius 3 is 2.79 bits per heavy atom. The van der Waals surface area contributed by atoms with Crippen molar-refractivity contribution >= 4 is 11.6 Å². The molecule has 1 amide bonds. The van der Waals surface area contributed by atoms with Gasteiger partial charge >= 0.3 is 0 Å². The standard InChI is InChI=1S/C22H22FN3O2/c1-16-6-5-7-19(14-16)24-25-22(27)18-11-10-17(2)26(15-18)12-13-28-21-9-4-3-8-20(21)23/h3-11,14-15,24H,2,12-13H2,1H3,(H,25,27). The smallest absolute Gasteiger partial charge is 0.271 e. The van der Waals surface area contributed by atoms with Gasteiger partial charge in [0.15, 0.2) is 11.6 Å². The van der Waals surface area contributed by atoms with E-state index in [0.717, 1.165) is 16.9 Å². The predicted molar refractivity (Wildman–Crippen MR) is 108 cm³/mol. The van der Waals surface area contributed by atoms with E-state index in [1.54, 1.807) is 41.5 Å². The normalized spacial score (nSPS) is 13.1.